The molecule has 83 heavy (non-hydrogen) atoms. The summed E-state index contributed by atoms with van der Waals surface area (Å²) >= 11 is 0. The first kappa shape index (κ1) is 44.3. The van der Waals surface area contributed by atoms with Crippen LogP contribution in [0.5, 0.6) is 34.5 Å². The lowest BCUT2D eigenvalue weighted by atomic mass is 9.27. The van der Waals surface area contributed by atoms with Gasteiger partial charge in [0.05, 0.1) is 0 Å². The molecule has 0 aromatic heterocycles. The number of nitrogens with zero attached hydrogens (tertiary/aromatic N) is 4. The lowest BCUT2D eigenvalue weighted by Crippen LogP contribution is -2.69. The number of para-hydroxylation sites is 7. The molecule has 7 nitrogen and oxygen atoms in total. The maximum absolute atomic E-state index is 7.35. The number of rotatable bonds is 3. The van der Waals surface area contributed by atoms with Crippen molar-refractivity contribution < 1.29 is 14.2 Å². The minimum absolute atomic E-state index is 0.0738. The van der Waals surface area contributed by atoms with Crippen LogP contribution in [0.1, 0.15) is 0 Å². The Balaban J connectivity index is 0.842. The van der Waals surface area contributed by atoms with Gasteiger partial charge in [-0.15, -0.1) is 0 Å². The zero-order chi connectivity index (χ0) is 53.8. The van der Waals surface area contributed by atoms with Crippen LogP contribution < -0.4 is 99.4 Å². The van der Waals surface area contributed by atoms with E-state index in [0.29, 0.717) is 0 Å². The molecule has 11 heteroatoms. The summed E-state index contributed by atoms with van der Waals surface area (Å²) in [6.45, 7) is -0.463. The molecule has 0 N–H and O–H groups in total. The second-order valence-corrected chi connectivity index (χ2v) is 22.9. The van der Waals surface area contributed by atoms with Gasteiger partial charge in [-0.3, -0.25) is 0 Å². The molecule has 0 fully saturated rings. The third-order valence-corrected chi connectivity index (χ3v) is 18.9. The second-order valence-electron chi connectivity index (χ2n) is 22.9. The molecule has 0 bridgehead atoms. The molecule has 0 amide bonds. The molecule has 380 valence electrons. The SMILES string of the molecule is c1ccc(N2c3ccccc3B3c4cc5c(cc4Oc4cccc2c43)N(c2ccccc2)c2cc3c4c6c2B5c2ccccc2N6c2cc5c(cc2B4c2ccccc2O3)B2c3ccccc3N(c3ccccc3)c3cccc(c32)O5)cc1. The fraction of sp³-hybridized carbons (Fsp3) is 0. The highest BCUT2D eigenvalue weighted by Crippen LogP contribution is 2.51. The van der Waals surface area contributed by atoms with Crippen molar-refractivity contribution in [1.82, 2.24) is 0 Å². The molecule has 0 saturated carbocycles. The smallest absolute Gasteiger partial charge is 0.256 e. The van der Waals surface area contributed by atoms with E-state index in [1.54, 1.807) is 0 Å². The minimum Gasteiger partial charge on any atom is -0.458 e. The van der Waals surface area contributed by atoms with Gasteiger partial charge in [-0.2, -0.15) is 0 Å². The Morgan fingerprint density at radius 2 is 0.566 bits per heavy atom. The molecule has 0 spiro atoms. The first-order chi connectivity index (χ1) is 41.2. The van der Waals surface area contributed by atoms with Crippen molar-refractivity contribution in [3.8, 4) is 34.5 Å². The van der Waals surface area contributed by atoms with Crippen LogP contribution in [-0.2, 0) is 0 Å². The Hall–Kier alpha value is -10.5. The van der Waals surface area contributed by atoms with Crippen molar-refractivity contribution in [2.24, 2.45) is 0 Å². The first-order valence-electron chi connectivity index (χ1n) is 28.8. The van der Waals surface area contributed by atoms with Crippen molar-refractivity contribution in [3.05, 3.63) is 255 Å². The van der Waals surface area contributed by atoms with Gasteiger partial charge >= 0.3 is 0 Å². The Labute approximate surface area is 481 Å². The molecule has 0 atom stereocenters. The van der Waals surface area contributed by atoms with Gasteiger partial charge in [0.1, 0.15) is 34.5 Å². The summed E-state index contributed by atoms with van der Waals surface area (Å²) in [7, 11) is 0. The number of hydrogen-bond donors (Lipinski definition) is 0. The predicted octanol–water partition coefficient (Wildman–Crippen LogP) is 9.51. The highest BCUT2D eigenvalue weighted by atomic mass is 16.5. The van der Waals surface area contributed by atoms with Gasteiger partial charge in [-0.05, 0) is 150 Å². The standard InChI is InChI=1S/C72H42B4N4O3/c1-4-20-43(21-5-1)77-54-30-14-10-26-46(54)74-52-38-50-59(40-65(52)82-63-36-18-33-57(77)68(63)74)79(45-24-8-3-9-25-45)61-42-67-71-72-70(61)73(50)48-28-12-16-32-56(48)80(72)60-41-66-53(39-51(60)76(71)49-29-13-17-35-62(49)81-67)75-47-27-11-15-31-55(47)78(44-22-6-2-7-23-44)58-34-19-37-64(83-66)69(58)75/h1-42H. The molecule has 20 rings (SSSR count). The fourth-order valence-electron chi connectivity index (χ4n) is 15.8. The number of anilines is 12. The van der Waals surface area contributed by atoms with Crippen molar-refractivity contribution >= 4 is 161 Å². The molecule has 0 unspecified atom stereocenters. The van der Waals surface area contributed by atoms with E-state index in [-0.39, 0.29) is 26.9 Å². The summed E-state index contributed by atoms with van der Waals surface area (Å²) in [6.07, 6.45) is 0. The van der Waals surface area contributed by atoms with Gasteiger partial charge in [-0.25, -0.2) is 0 Å². The van der Waals surface area contributed by atoms with Gasteiger partial charge in [-0.1, -0.05) is 152 Å². The molecule has 12 aromatic rings. The van der Waals surface area contributed by atoms with E-state index in [2.05, 4.69) is 274 Å². The number of fused-ring (bicyclic) bond motifs is 18. The number of hydrogen-bond acceptors (Lipinski definition) is 7. The molecule has 0 radical (unpaired) electrons. The van der Waals surface area contributed by atoms with Crippen LogP contribution in [0.15, 0.2) is 255 Å². The van der Waals surface area contributed by atoms with Crippen LogP contribution in [0.3, 0.4) is 0 Å². The van der Waals surface area contributed by atoms with Crippen LogP contribution in [0.4, 0.5) is 68.2 Å². The van der Waals surface area contributed by atoms with E-state index in [4.69, 9.17) is 14.2 Å². The molecule has 8 aliphatic rings. The molecule has 8 heterocycles. The Kier molecular flexibility index (Phi) is 8.60. The maximum atomic E-state index is 7.35. The van der Waals surface area contributed by atoms with Gasteiger partial charge in [0.25, 0.3) is 26.9 Å². The van der Waals surface area contributed by atoms with Crippen LogP contribution in [0.2, 0.25) is 0 Å². The highest BCUT2D eigenvalue weighted by molar-refractivity contribution is 7.06. The zero-order valence-electron chi connectivity index (χ0n) is 44.6. The first-order valence-corrected chi connectivity index (χ1v) is 28.8. The summed E-state index contributed by atoms with van der Waals surface area (Å²) in [4.78, 5) is 9.86. The average molecular weight is 1050 g/mol. The summed E-state index contributed by atoms with van der Waals surface area (Å²) in [6, 6.07) is 93.2. The predicted molar refractivity (Wildman–Crippen MR) is 343 cm³/mol. The quantitative estimate of drug-likeness (QED) is 0.164. The molecule has 8 aliphatic heterocycles. The molecular formula is C72H42B4N4O3. The van der Waals surface area contributed by atoms with Crippen molar-refractivity contribution in [3.63, 3.8) is 0 Å². The minimum atomic E-state index is -0.154. The maximum Gasteiger partial charge on any atom is 0.256 e. The molecular weight excluding hydrogens is 1010 g/mol. The van der Waals surface area contributed by atoms with Gasteiger partial charge in [0, 0.05) is 86.4 Å². The number of ether oxygens (including phenoxy) is 3. The van der Waals surface area contributed by atoms with Crippen molar-refractivity contribution in [1.29, 1.82) is 0 Å². The topological polar surface area (TPSA) is 40.7 Å². The van der Waals surface area contributed by atoms with E-state index in [1.807, 2.05) is 0 Å². The van der Waals surface area contributed by atoms with Gasteiger partial charge in [0.15, 0.2) is 0 Å². The van der Waals surface area contributed by atoms with Gasteiger partial charge in [0.2, 0.25) is 0 Å². The number of benzene rings is 12. The Morgan fingerprint density at radius 3 is 1.08 bits per heavy atom. The van der Waals surface area contributed by atoms with Crippen molar-refractivity contribution in [2.75, 3.05) is 19.6 Å². The zero-order valence-corrected chi connectivity index (χ0v) is 44.6. The average Bonchev–Trinajstić information content (AvgIpc) is 1.64. The van der Waals surface area contributed by atoms with Crippen molar-refractivity contribution in [2.45, 2.75) is 0 Å². The van der Waals surface area contributed by atoms with Crippen LogP contribution in [-0.4, -0.2) is 26.9 Å². The lowest BCUT2D eigenvalue weighted by Gasteiger charge is -2.50. The largest absolute Gasteiger partial charge is 0.458 e. The van der Waals surface area contributed by atoms with E-state index < -0.39 is 0 Å². The summed E-state index contributed by atoms with van der Waals surface area (Å²) in [5.74, 6) is 5.23. The lowest BCUT2D eigenvalue weighted by molar-refractivity contribution is 0.487. The third-order valence-electron chi connectivity index (χ3n) is 18.9. The summed E-state index contributed by atoms with van der Waals surface area (Å²) in [5, 5.41) is 0. The second kappa shape index (κ2) is 16.1. The third kappa shape index (κ3) is 5.73. The van der Waals surface area contributed by atoms with Crippen LogP contribution in [0.25, 0.3) is 0 Å². The molecule has 12 aromatic carbocycles. The normalized spacial score (nSPS) is 14.6. The molecule has 0 saturated heterocycles. The van der Waals surface area contributed by atoms with Crippen LogP contribution >= 0.6 is 0 Å². The Morgan fingerprint density at radius 1 is 0.205 bits per heavy atom. The fourth-order valence-corrected chi connectivity index (χ4v) is 15.8. The summed E-state index contributed by atoms with van der Waals surface area (Å²) < 4.78 is 22.0. The van der Waals surface area contributed by atoms with Gasteiger partial charge < -0.3 is 33.8 Å². The summed E-state index contributed by atoms with van der Waals surface area (Å²) in [5.41, 5.74) is 28.0. The van der Waals surface area contributed by atoms with E-state index >= 15 is 0 Å². The van der Waals surface area contributed by atoms with E-state index in [1.165, 1.54) is 66.2 Å². The monoisotopic (exact) mass is 1050 g/mol. The Bertz CT molecular complexity index is 4870. The van der Waals surface area contributed by atoms with E-state index in [0.717, 1.165) is 102 Å². The molecule has 0 aliphatic carbocycles. The van der Waals surface area contributed by atoms with E-state index in [9.17, 15) is 0 Å². The highest BCUT2D eigenvalue weighted by Gasteiger charge is 2.54. The van der Waals surface area contributed by atoms with Crippen LogP contribution in [0, 0.1) is 0 Å².